The van der Waals surface area contributed by atoms with Crippen LogP contribution in [0.1, 0.15) is 22.8 Å². The van der Waals surface area contributed by atoms with Crippen LogP contribution >= 0.6 is 0 Å². The maximum absolute atomic E-state index is 13.6. The third-order valence-electron chi connectivity index (χ3n) is 3.63. The number of halogens is 1. The van der Waals surface area contributed by atoms with Gasteiger partial charge in [-0.1, -0.05) is 18.2 Å². The Balaban J connectivity index is 1.95. The monoisotopic (exact) mass is 297 g/mol. The molecule has 4 nitrogen and oxygen atoms in total. The van der Waals surface area contributed by atoms with Crippen LogP contribution < -0.4 is 5.32 Å². The number of rotatable bonds is 3. The number of fused-ring (bicyclic) bond motifs is 1. The Morgan fingerprint density at radius 3 is 2.77 bits per heavy atom. The van der Waals surface area contributed by atoms with Crippen LogP contribution in [0.5, 0.6) is 0 Å². The molecule has 2 aromatic carbocycles. The van der Waals surface area contributed by atoms with Crippen LogP contribution in [0, 0.1) is 12.7 Å². The van der Waals surface area contributed by atoms with Crippen molar-refractivity contribution in [2.75, 3.05) is 5.32 Å². The fourth-order valence-electron chi connectivity index (χ4n) is 2.40. The van der Waals surface area contributed by atoms with Crippen molar-refractivity contribution in [1.82, 2.24) is 9.55 Å². The maximum atomic E-state index is 13.6. The highest BCUT2D eigenvalue weighted by atomic mass is 19.1. The fraction of sp³-hybridized carbons (Fsp3) is 0.176. The molecule has 0 atom stereocenters. The molecule has 0 fully saturated rings. The number of anilines is 1. The second kappa shape index (κ2) is 5.60. The number of hydrogen-bond acceptors (Lipinski definition) is 2. The van der Waals surface area contributed by atoms with Crippen molar-refractivity contribution < 1.29 is 9.18 Å². The van der Waals surface area contributed by atoms with Gasteiger partial charge >= 0.3 is 0 Å². The topological polar surface area (TPSA) is 46.9 Å². The number of carbonyl (C=O) groups is 1. The van der Waals surface area contributed by atoms with Gasteiger partial charge in [-0.3, -0.25) is 10.1 Å². The van der Waals surface area contributed by atoms with Gasteiger partial charge < -0.3 is 4.57 Å². The number of nitrogens with zero attached hydrogens (tertiary/aromatic N) is 2. The second-order valence-electron chi connectivity index (χ2n) is 5.09. The zero-order chi connectivity index (χ0) is 15.7. The minimum Gasteiger partial charge on any atom is -0.310 e. The van der Waals surface area contributed by atoms with Crippen molar-refractivity contribution in [1.29, 1.82) is 0 Å². The van der Waals surface area contributed by atoms with Gasteiger partial charge in [-0.15, -0.1) is 0 Å². The third kappa shape index (κ3) is 2.45. The molecule has 1 N–H and O–H groups in total. The minimum absolute atomic E-state index is 0.276. The van der Waals surface area contributed by atoms with Crippen molar-refractivity contribution in [3.8, 4) is 0 Å². The molecular weight excluding hydrogens is 281 g/mol. The molecule has 0 aliphatic rings. The Labute approximate surface area is 127 Å². The van der Waals surface area contributed by atoms with Gasteiger partial charge in [0.05, 0.1) is 11.0 Å². The van der Waals surface area contributed by atoms with Gasteiger partial charge in [-0.2, -0.15) is 0 Å². The van der Waals surface area contributed by atoms with Crippen molar-refractivity contribution in [3.05, 3.63) is 59.4 Å². The predicted molar refractivity (Wildman–Crippen MR) is 84.5 cm³/mol. The van der Waals surface area contributed by atoms with E-state index in [-0.39, 0.29) is 11.5 Å². The van der Waals surface area contributed by atoms with Gasteiger partial charge in [-0.25, -0.2) is 9.37 Å². The van der Waals surface area contributed by atoms with E-state index in [1.807, 2.05) is 35.8 Å². The predicted octanol–water partition coefficient (Wildman–Crippen LogP) is 3.76. The standard InChI is InChI=1S/C17H16FN3O/c1-3-21-15-7-5-4-6-14(15)19-17(21)20-16(22)12-9-8-11(2)13(18)10-12/h4-10H,3H2,1-2H3,(H,19,20,22). The van der Waals surface area contributed by atoms with E-state index in [2.05, 4.69) is 10.3 Å². The van der Waals surface area contributed by atoms with E-state index in [4.69, 9.17) is 0 Å². The molecule has 0 bridgehead atoms. The molecule has 22 heavy (non-hydrogen) atoms. The van der Waals surface area contributed by atoms with Gasteiger partial charge in [0.15, 0.2) is 0 Å². The van der Waals surface area contributed by atoms with Crippen LogP contribution in [-0.2, 0) is 6.54 Å². The molecule has 0 saturated heterocycles. The summed E-state index contributed by atoms with van der Waals surface area (Å²) < 4.78 is 15.5. The molecule has 3 rings (SSSR count). The lowest BCUT2D eigenvalue weighted by Crippen LogP contribution is -2.16. The largest absolute Gasteiger partial charge is 0.310 e. The van der Waals surface area contributed by atoms with Gasteiger partial charge in [0.1, 0.15) is 5.82 Å². The highest BCUT2D eigenvalue weighted by molar-refractivity contribution is 6.04. The first kappa shape index (κ1) is 14.3. The molecule has 1 amide bonds. The first-order valence-corrected chi connectivity index (χ1v) is 7.13. The lowest BCUT2D eigenvalue weighted by Gasteiger charge is -2.08. The lowest BCUT2D eigenvalue weighted by molar-refractivity contribution is 0.102. The Hall–Kier alpha value is -2.69. The Morgan fingerprint density at radius 1 is 1.27 bits per heavy atom. The van der Waals surface area contributed by atoms with E-state index in [1.54, 1.807) is 19.1 Å². The summed E-state index contributed by atoms with van der Waals surface area (Å²) in [7, 11) is 0. The normalized spacial score (nSPS) is 10.9. The summed E-state index contributed by atoms with van der Waals surface area (Å²) >= 11 is 0. The van der Waals surface area contributed by atoms with Crippen molar-refractivity contribution in [3.63, 3.8) is 0 Å². The van der Waals surface area contributed by atoms with Crippen LogP contribution in [0.3, 0.4) is 0 Å². The van der Waals surface area contributed by atoms with E-state index in [0.29, 0.717) is 18.1 Å². The van der Waals surface area contributed by atoms with Crippen molar-refractivity contribution in [2.45, 2.75) is 20.4 Å². The highest BCUT2D eigenvalue weighted by Crippen LogP contribution is 2.20. The van der Waals surface area contributed by atoms with Crippen molar-refractivity contribution >= 4 is 22.9 Å². The SMILES string of the molecule is CCn1c(NC(=O)c2ccc(C)c(F)c2)nc2ccccc21. The molecular formula is C17H16FN3O. The third-order valence-corrected chi connectivity index (χ3v) is 3.63. The van der Waals surface area contributed by atoms with Gasteiger partial charge in [0, 0.05) is 12.1 Å². The molecule has 1 aromatic heterocycles. The molecule has 1 heterocycles. The van der Waals surface area contributed by atoms with Crippen LogP contribution in [0.4, 0.5) is 10.3 Å². The zero-order valence-corrected chi connectivity index (χ0v) is 12.4. The maximum Gasteiger partial charge on any atom is 0.258 e. The summed E-state index contributed by atoms with van der Waals surface area (Å²) in [5.74, 6) is -0.296. The smallest absolute Gasteiger partial charge is 0.258 e. The Bertz CT molecular complexity index is 854. The molecule has 0 saturated carbocycles. The first-order chi connectivity index (χ1) is 10.6. The quantitative estimate of drug-likeness (QED) is 0.800. The van der Waals surface area contributed by atoms with Gasteiger partial charge in [-0.05, 0) is 43.7 Å². The summed E-state index contributed by atoms with van der Waals surface area (Å²) in [6.45, 7) is 4.32. The van der Waals surface area contributed by atoms with E-state index >= 15 is 0 Å². The van der Waals surface area contributed by atoms with Crippen LogP contribution in [0.2, 0.25) is 0 Å². The highest BCUT2D eigenvalue weighted by Gasteiger charge is 2.14. The molecule has 5 heteroatoms. The summed E-state index contributed by atoms with van der Waals surface area (Å²) in [4.78, 5) is 16.7. The van der Waals surface area contributed by atoms with Crippen LogP contribution in [0.15, 0.2) is 42.5 Å². The number of imidazole rings is 1. The van der Waals surface area contributed by atoms with Crippen LogP contribution in [-0.4, -0.2) is 15.5 Å². The Kier molecular flexibility index (Phi) is 3.63. The average molecular weight is 297 g/mol. The fourth-order valence-corrected chi connectivity index (χ4v) is 2.40. The molecule has 112 valence electrons. The average Bonchev–Trinajstić information content (AvgIpc) is 2.86. The minimum atomic E-state index is -0.392. The first-order valence-electron chi connectivity index (χ1n) is 7.13. The van der Waals surface area contributed by atoms with E-state index in [1.165, 1.54) is 6.07 Å². The van der Waals surface area contributed by atoms with E-state index in [0.717, 1.165) is 11.0 Å². The van der Waals surface area contributed by atoms with Crippen LogP contribution in [0.25, 0.3) is 11.0 Å². The zero-order valence-electron chi connectivity index (χ0n) is 12.4. The number of benzene rings is 2. The number of carbonyl (C=O) groups excluding carboxylic acids is 1. The number of aryl methyl sites for hydroxylation is 2. The number of aromatic nitrogens is 2. The second-order valence-corrected chi connectivity index (χ2v) is 5.09. The number of nitrogens with one attached hydrogen (secondary N) is 1. The van der Waals surface area contributed by atoms with Gasteiger partial charge in [0.2, 0.25) is 5.95 Å². The molecule has 0 spiro atoms. The summed E-state index contributed by atoms with van der Waals surface area (Å²) in [6.07, 6.45) is 0. The molecule has 0 radical (unpaired) electrons. The lowest BCUT2D eigenvalue weighted by atomic mass is 10.1. The van der Waals surface area contributed by atoms with Crippen molar-refractivity contribution in [2.24, 2.45) is 0 Å². The number of para-hydroxylation sites is 2. The summed E-state index contributed by atoms with van der Waals surface area (Å²) in [5, 5.41) is 2.76. The number of amides is 1. The summed E-state index contributed by atoms with van der Waals surface area (Å²) in [6, 6.07) is 12.1. The molecule has 0 aliphatic carbocycles. The molecule has 3 aromatic rings. The van der Waals surface area contributed by atoms with E-state index in [9.17, 15) is 9.18 Å². The molecule has 0 unspecified atom stereocenters. The summed E-state index contributed by atoms with van der Waals surface area (Å²) in [5.41, 5.74) is 2.56. The Morgan fingerprint density at radius 2 is 2.05 bits per heavy atom. The molecule has 0 aliphatic heterocycles. The van der Waals surface area contributed by atoms with Gasteiger partial charge in [0.25, 0.3) is 5.91 Å². The van der Waals surface area contributed by atoms with E-state index < -0.39 is 5.82 Å². The number of hydrogen-bond donors (Lipinski definition) is 1.